The number of nitrogens with one attached hydrogen (secondary N) is 2. The molecule has 0 bridgehead atoms. The van der Waals surface area contributed by atoms with E-state index in [0.717, 1.165) is 27.2 Å². The van der Waals surface area contributed by atoms with Gasteiger partial charge in [-0.15, -0.1) is 27.8 Å². The van der Waals surface area contributed by atoms with Gasteiger partial charge in [0.15, 0.2) is 11.6 Å². The Morgan fingerprint density at radius 3 is 2.66 bits per heavy atom. The van der Waals surface area contributed by atoms with Crippen molar-refractivity contribution in [2.45, 2.75) is 19.9 Å². The molecule has 0 fully saturated rings. The van der Waals surface area contributed by atoms with Gasteiger partial charge in [-0.1, -0.05) is 24.2 Å². The highest BCUT2D eigenvalue weighted by atomic mass is 32.1. The third-order valence-electron chi connectivity index (χ3n) is 5.16. The number of halogens is 3. The van der Waals surface area contributed by atoms with Crippen molar-refractivity contribution in [3.8, 4) is 21.3 Å². The number of thiophene rings is 1. The normalized spacial score (nSPS) is 11.1. The molecule has 0 unspecified atom stereocenters. The van der Waals surface area contributed by atoms with Crippen molar-refractivity contribution in [1.29, 1.82) is 0 Å². The Bertz CT molecular complexity index is 1470. The fraction of sp³-hybridized carbons (Fsp3) is 0.125. The third kappa shape index (κ3) is 4.91. The average Bonchev–Trinajstić information content (AvgIpc) is 3.63. The minimum atomic E-state index is -1.18. The van der Waals surface area contributed by atoms with Crippen molar-refractivity contribution in [2.75, 3.05) is 10.6 Å². The molecule has 0 atom stereocenters. The summed E-state index contributed by atoms with van der Waals surface area (Å²) in [7, 11) is 0. The summed E-state index contributed by atoms with van der Waals surface area (Å²) in [6.45, 7) is 2.23. The Kier molecular flexibility index (Phi) is 6.51. The lowest BCUT2D eigenvalue weighted by Crippen LogP contribution is -2.02. The van der Waals surface area contributed by atoms with Gasteiger partial charge in [-0.2, -0.15) is 0 Å². The molecule has 3 heterocycles. The molecular formula is C24H18F3N5OS2. The first-order valence-corrected chi connectivity index (χ1v) is 12.4. The molecule has 0 aliphatic heterocycles. The zero-order chi connectivity index (χ0) is 24.4. The van der Waals surface area contributed by atoms with Gasteiger partial charge in [-0.05, 0) is 47.7 Å². The van der Waals surface area contributed by atoms with E-state index in [4.69, 9.17) is 4.42 Å². The van der Waals surface area contributed by atoms with Crippen LogP contribution in [0.4, 0.5) is 30.6 Å². The lowest BCUT2D eigenvalue weighted by Gasteiger charge is -2.13. The molecule has 0 aliphatic rings. The standard InChI is InChI=1S/C24H18F3N5OS2/c1-2-13-5-8-18(17(26)10-13)30-21-15(6-7-16(25)20(21)27)22-31-32-24(33-22)28-11-14-12-35-23(29-14)19-4-3-9-34-19/h3-10,12,30H,2,11H2,1H3,(H,28,32). The van der Waals surface area contributed by atoms with E-state index in [0.29, 0.717) is 13.0 Å². The van der Waals surface area contributed by atoms with Crippen LogP contribution in [0.1, 0.15) is 18.2 Å². The second-order valence-electron chi connectivity index (χ2n) is 7.46. The molecule has 6 nitrogen and oxygen atoms in total. The van der Waals surface area contributed by atoms with E-state index < -0.39 is 17.5 Å². The van der Waals surface area contributed by atoms with Crippen LogP contribution >= 0.6 is 22.7 Å². The molecule has 0 saturated heterocycles. The first-order chi connectivity index (χ1) is 17.0. The lowest BCUT2D eigenvalue weighted by molar-refractivity contribution is 0.511. The van der Waals surface area contributed by atoms with Crippen molar-refractivity contribution < 1.29 is 17.6 Å². The van der Waals surface area contributed by atoms with Gasteiger partial charge in [0.2, 0.25) is 0 Å². The van der Waals surface area contributed by atoms with Crippen LogP contribution in [0.3, 0.4) is 0 Å². The second-order valence-corrected chi connectivity index (χ2v) is 9.27. The fourth-order valence-electron chi connectivity index (χ4n) is 3.34. The molecule has 2 N–H and O–H groups in total. The first kappa shape index (κ1) is 23.1. The summed E-state index contributed by atoms with van der Waals surface area (Å²) in [5.74, 6) is -2.92. The quantitative estimate of drug-likeness (QED) is 0.227. The van der Waals surface area contributed by atoms with E-state index in [1.165, 1.54) is 29.5 Å². The minimum Gasteiger partial charge on any atom is -0.403 e. The molecule has 35 heavy (non-hydrogen) atoms. The van der Waals surface area contributed by atoms with Crippen LogP contribution in [0, 0.1) is 17.5 Å². The number of nitrogens with zero attached hydrogens (tertiary/aromatic N) is 3. The zero-order valence-corrected chi connectivity index (χ0v) is 19.9. The van der Waals surface area contributed by atoms with E-state index in [1.807, 2.05) is 29.8 Å². The Morgan fingerprint density at radius 2 is 1.89 bits per heavy atom. The molecule has 2 aromatic carbocycles. The van der Waals surface area contributed by atoms with Crippen LogP contribution in [0.25, 0.3) is 21.3 Å². The monoisotopic (exact) mass is 513 g/mol. The van der Waals surface area contributed by atoms with Gasteiger partial charge in [0.25, 0.3) is 5.89 Å². The topological polar surface area (TPSA) is 75.9 Å². The maximum atomic E-state index is 14.7. The van der Waals surface area contributed by atoms with Crippen LogP contribution in [0.5, 0.6) is 0 Å². The number of aryl methyl sites for hydroxylation is 1. The van der Waals surface area contributed by atoms with E-state index in [9.17, 15) is 13.2 Å². The zero-order valence-electron chi connectivity index (χ0n) is 18.3. The molecule has 0 amide bonds. The van der Waals surface area contributed by atoms with E-state index >= 15 is 0 Å². The predicted octanol–water partition coefficient (Wildman–Crippen LogP) is 7.26. The van der Waals surface area contributed by atoms with Gasteiger partial charge >= 0.3 is 6.01 Å². The predicted molar refractivity (Wildman–Crippen MR) is 131 cm³/mol. The summed E-state index contributed by atoms with van der Waals surface area (Å²) in [5, 5.41) is 18.3. The van der Waals surface area contributed by atoms with E-state index in [2.05, 4.69) is 25.8 Å². The Hall–Kier alpha value is -3.70. The summed E-state index contributed by atoms with van der Waals surface area (Å²) < 4.78 is 48.9. The number of aromatic nitrogens is 3. The maximum absolute atomic E-state index is 14.7. The van der Waals surface area contributed by atoms with Gasteiger partial charge in [0, 0.05) is 5.38 Å². The smallest absolute Gasteiger partial charge is 0.316 e. The van der Waals surface area contributed by atoms with Crippen molar-refractivity contribution in [3.05, 3.63) is 81.9 Å². The Balaban J connectivity index is 1.36. The van der Waals surface area contributed by atoms with Crippen LogP contribution in [0.15, 0.2) is 57.6 Å². The summed E-state index contributed by atoms with van der Waals surface area (Å²) in [5.41, 5.74) is 1.36. The van der Waals surface area contributed by atoms with E-state index in [1.54, 1.807) is 17.4 Å². The van der Waals surface area contributed by atoms with Gasteiger partial charge in [0.1, 0.15) is 10.8 Å². The molecule has 178 valence electrons. The summed E-state index contributed by atoms with van der Waals surface area (Å²) in [6, 6.07) is 10.8. The van der Waals surface area contributed by atoms with Crippen LogP contribution in [-0.4, -0.2) is 15.2 Å². The molecule has 0 saturated carbocycles. The van der Waals surface area contributed by atoms with E-state index in [-0.39, 0.29) is 28.8 Å². The van der Waals surface area contributed by atoms with Gasteiger partial charge in [-0.25, -0.2) is 18.2 Å². The Labute approximate surface area is 206 Å². The highest BCUT2D eigenvalue weighted by molar-refractivity contribution is 7.20. The van der Waals surface area contributed by atoms with Gasteiger partial charge in [0.05, 0.1) is 34.1 Å². The van der Waals surface area contributed by atoms with Gasteiger partial charge in [-0.3, -0.25) is 0 Å². The maximum Gasteiger partial charge on any atom is 0.316 e. The van der Waals surface area contributed by atoms with Crippen LogP contribution in [0.2, 0.25) is 0 Å². The summed E-state index contributed by atoms with van der Waals surface area (Å²) in [6.07, 6.45) is 0.644. The van der Waals surface area contributed by atoms with Crippen molar-refractivity contribution in [1.82, 2.24) is 15.2 Å². The summed E-state index contributed by atoms with van der Waals surface area (Å²) >= 11 is 3.14. The summed E-state index contributed by atoms with van der Waals surface area (Å²) in [4.78, 5) is 5.66. The largest absolute Gasteiger partial charge is 0.403 e. The van der Waals surface area contributed by atoms with Crippen molar-refractivity contribution >= 4 is 40.1 Å². The number of hydrogen-bond donors (Lipinski definition) is 2. The first-order valence-electron chi connectivity index (χ1n) is 10.6. The molecular weight excluding hydrogens is 495 g/mol. The highest BCUT2D eigenvalue weighted by Gasteiger charge is 2.21. The average molecular weight is 514 g/mol. The van der Waals surface area contributed by atoms with Crippen LogP contribution in [-0.2, 0) is 13.0 Å². The number of benzene rings is 2. The van der Waals surface area contributed by atoms with Crippen LogP contribution < -0.4 is 10.6 Å². The molecule has 0 radical (unpaired) electrons. The SMILES string of the molecule is CCc1ccc(Nc2c(-c3nnc(NCc4csc(-c5cccs5)n4)o3)ccc(F)c2F)c(F)c1. The minimum absolute atomic E-state index is 0.00380. The molecule has 0 aliphatic carbocycles. The molecule has 3 aromatic heterocycles. The second kappa shape index (κ2) is 9.88. The number of anilines is 3. The third-order valence-corrected chi connectivity index (χ3v) is 7.09. The lowest BCUT2D eigenvalue weighted by atomic mass is 10.1. The fourth-order valence-corrected chi connectivity index (χ4v) is 4.97. The highest BCUT2D eigenvalue weighted by Crippen LogP contribution is 2.35. The van der Waals surface area contributed by atoms with Crippen molar-refractivity contribution in [3.63, 3.8) is 0 Å². The Morgan fingerprint density at radius 1 is 1.00 bits per heavy atom. The van der Waals surface area contributed by atoms with Crippen molar-refractivity contribution in [2.24, 2.45) is 0 Å². The number of hydrogen-bond acceptors (Lipinski definition) is 8. The molecule has 0 spiro atoms. The number of rotatable bonds is 8. The number of thiazole rings is 1. The molecule has 5 rings (SSSR count). The van der Waals surface area contributed by atoms with Gasteiger partial charge < -0.3 is 15.1 Å². The molecule has 11 heteroatoms. The molecule has 5 aromatic rings.